The predicted molar refractivity (Wildman–Crippen MR) is 133 cm³/mol. The smallest absolute Gasteiger partial charge is 0.348 e. The molecule has 0 aromatic heterocycles. The number of piperidine rings is 1. The van der Waals surface area contributed by atoms with Crippen LogP contribution in [0.1, 0.15) is 39.4 Å². The maximum absolute atomic E-state index is 14.8. The van der Waals surface area contributed by atoms with E-state index in [1.807, 2.05) is 5.32 Å². The Bertz CT molecular complexity index is 1330. The third-order valence-electron chi connectivity index (χ3n) is 6.47. The standard InChI is InChI=1S/C22H13B5ClF2N3O4/c23-16(33(27)19(37)21(29,30)12-2-4-13(28)5-3-12)10-1-6-14-11(7-10)9-32(17(14)35)22(26)18(36)31-15(34)8-20(22,24)25/h1-7,16H,8-9H2,(H,31,34,36). The Labute approximate surface area is 222 Å². The second-order valence-corrected chi connectivity index (χ2v) is 9.34. The van der Waals surface area contributed by atoms with Crippen molar-refractivity contribution in [1.82, 2.24) is 15.0 Å². The lowest BCUT2D eigenvalue weighted by molar-refractivity contribution is -0.154. The molecule has 2 aromatic carbocycles. The van der Waals surface area contributed by atoms with Crippen LogP contribution in [-0.2, 0) is 26.9 Å². The van der Waals surface area contributed by atoms with Gasteiger partial charge in [0.2, 0.25) is 19.8 Å². The van der Waals surface area contributed by atoms with Gasteiger partial charge in [-0.05, 0) is 29.3 Å². The van der Waals surface area contributed by atoms with E-state index in [4.69, 9.17) is 51.0 Å². The summed E-state index contributed by atoms with van der Waals surface area (Å²) in [6.07, 6.45) is -0.530. The molecule has 2 aliphatic heterocycles. The summed E-state index contributed by atoms with van der Waals surface area (Å²) in [6.45, 7) is -0.275. The predicted octanol–water partition coefficient (Wildman–Crippen LogP) is 0.532. The minimum absolute atomic E-state index is 0.0997. The van der Waals surface area contributed by atoms with Gasteiger partial charge < -0.3 is 9.71 Å². The Kier molecular flexibility index (Phi) is 6.63. The van der Waals surface area contributed by atoms with Crippen LogP contribution in [0.4, 0.5) is 8.78 Å². The third kappa shape index (κ3) is 4.29. The van der Waals surface area contributed by atoms with Crippen molar-refractivity contribution in [1.29, 1.82) is 0 Å². The van der Waals surface area contributed by atoms with Gasteiger partial charge in [0.1, 0.15) is 15.7 Å². The molecule has 0 aliphatic carbocycles. The summed E-state index contributed by atoms with van der Waals surface area (Å²) in [5.74, 6) is -9.85. The van der Waals surface area contributed by atoms with E-state index in [1.54, 1.807) is 0 Å². The molecule has 2 heterocycles. The summed E-state index contributed by atoms with van der Waals surface area (Å²) in [4.78, 5) is 51.1. The normalized spacial score (nSPS) is 21.8. The number of halogens is 3. The maximum atomic E-state index is 14.8. The average molecular weight is 511 g/mol. The first-order valence-electron chi connectivity index (χ1n) is 10.7. The Morgan fingerprint density at radius 3 is 2.32 bits per heavy atom. The summed E-state index contributed by atoms with van der Waals surface area (Å²) >= 11 is 5.72. The average Bonchev–Trinajstić information content (AvgIpc) is 3.16. The number of rotatable bonds is 5. The van der Waals surface area contributed by atoms with Gasteiger partial charge in [-0.2, -0.15) is 8.78 Å². The fraction of sp³-hybridized carbons (Fsp3) is 0.273. The Hall–Kier alpha value is -3.01. The molecule has 1 fully saturated rings. The molecule has 2 aliphatic rings. The Morgan fingerprint density at radius 2 is 1.73 bits per heavy atom. The van der Waals surface area contributed by atoms with Crippen LogP contribution in [0.25, 0.3) is 0 Å². The topological polar surface area (TPSA) is 86.8 Å². The monoisotopic (exact) mass is 511 g/mol. The van der Waals surface area contributed by atoms with E-state index in [0.717, 1.165) is 17.0 Å². The molecule has 4 rings (SSSR count). The van der Waals surface area contributed by atoms with Gasteiger partial charge in [0, 0.05) is 35.1 Å². The van der Waals surface area contributed by atoms with Gasteiger partial charge in [-0.25, -0.2) is 0 Å². The first-order valence-corrected chi connectivity index (χ1v) is 11.1. The van der Waals surface area contributed by atoms with Crippen LogP contribution in [0.2, 0.25) is 10.2 Å². The van der Waals surface area contributed by atoms with Crippen molar-refractivity contribution in [3.63, 3.8) is 0 Å². The van der Waals surface area contributed by atoms with E-state index in [1.165, 1.54) is 30.3 Å². The molecule has 1 N–H and O–H groups in total. The van der Waals surface area contributed by atoms with E-state index < -0.39 is 58.1 Å². The Morgan fingerprint density at radius 1 is 1.11 bits per heavy atom. The number of fused-ring (bicyclic) bond motifs is 1. The number of nitrogens with zero attached hydrogens (tertiary/aromatic N) is 2. The molecule has 15 heteroatoms. The number of amides is 4. The van der Waals surface area contributed by atoms with Crippen LogP contribution in [0.3, 0.4) is 0 Å². The van der Waals surface area contributed by atoms with Gasteiger partial charge in [0.25, 0.3) is 11.8 Å². The summed E-state index contributed by atoms with van der Waals surface area (Å²) in [7, 11) is 29.9. The fourth-order valence-electron chi connectivity index (χ4n) is 4.29. The van der Waals surface area contributed by atoms with Crippen molar-refractivity contribution in [2.75, 3.05) is 0 Å². The minimum Gasteiger partial charge on any atom is -0.393 e. The first kappa shape index (κ1) is 27.0. The molecular weight excluding hydrogens is 498 g/mol. The summed E-state index contributed by atoms with van der Waals surface area (Å²) in [5, 5.41) is 0.137. The highest BCUT2D eigenvalue weighted by Crippen LogP contribution is 2.45. The number of hydrogen-bond donors (Lipinski definition) is 1. The van der Waals surface area contributed by atoms with Crippen LogP contribution in [-0.4, -0.2) is 78.1 Å². The van der Waals surface area contributed by atoms with Crippen molar-refractivity contribution in [3.05, 3.63) is 69.7 Å². The fourth-order valence-corrected chi connectivity index (χ4v) is 4.42. The van der Waals surface area contributed by atoms with E-state index in [2.05, 4.69) is 0 Å². The molecule has 2 aromatic rings. The number of nitrogens with one attached hydrogen (secondary N) is 1. The number of benzene rings is 2. The molecule has 176 valence electrons. The highest BCUT2D eigenvalue weighted by molar-refractivity contribution is 6.52. The molecule has 7 nitrogen and oxygen atoms in total. The highest BCUT2D eigenvalue weighted by Gasteiger charge is 2.56. The zero-order chi connectivity index (χ0) is 27.5. The van der Waals surface area contributed by atoms with E-state index >= 15 is 0 Å². The van der Waals surface area contributed by atoms with E-state index in [-0.39, 0.29) is 33.1 Å². The van der Waals surface area contributed by atoms with Gasteiger partial charge in [-0.1, -0.05) is 41.1 Å². The van der Waals surface area contributed by atoms with Crippen LogP contribution in [0.15, 0.2) is 42.5 Å². The third-order valence-corrected chi connectivity index (χ3v) is 6.72. The van der Waals surface area contributed by atoms with Crippen molar-refractivity contribution < 1.29 is 28.0 Å². The molecule has 0 saturated carbocycles. The quantitative estimate of drug-likeness (QED) is 0.470. The molecule has 0 bridgehead atoms. The lowest BCUT2D eigenvalue weighted by Gasteiger charge is -2.52. The molecule has 0 spiro atoms. The van der Waals surface area contributed by atoms with Gasteiger partial charge >= 0.3 is 5.92 Å². The SMILES string of the molecule is [B]C(c1ccc2c(c1)CN(C1([B])C(=O)NC(=O)CC1([B])[B])C2=O)N([B])C(=O)C(F)(F)c1ccc(Cl)cc1. The molecule has 10 radical (unpaired) electrons. The summed E-state index contributed by atoms with van der Waals surface area (Å²) < 4.78 is 29.6. The lowest BCUT2D eigenvalue weighted by atomic mass is 9.36. The van der Waals surface area contributed by atoms with Crippen LogP contribution in [0, 0.1) is 0 Å². The summed E-state index contributed by atoms with van der Waals surface area (Å²) in [5.41, 5.74) is -2.42. The van der Waals surface area contributed by atoms with Crippen molar-refractivity contribution in [2.24, 2.45) is 0 Å². The van der Waals surface area contributed by atoms with Gasteiger partial charge in [-0.15, -0.1) is 0 Å². The number of imide groups is 1. The van der Waals surface area contributed by atoms with Crippen molar-refractivity contribution in [3.8, 4) is 0 Å². The number of hydrogen-bond acceptors (Lipinski definition) is 4. The molecule has 1 saturated heterocycles. The second kappa shape index (κ2) is 9.08. The molecule has 37 heavy (non-hydrogen) atoms. The number of alkyl halides is 2. The zero-order valence-electron chi connectivity index (χ0n) is 19.1. The zero-order valence-corrected chi connectivity index (χ0v) is 19.8. The number of carbonyl (C=O) groups excluding carboxylic acids is 4. The van der Waals surface area contributed by atoms with Crippen LogP contribution in [0.5, 0.6) is 0 Å². The van der Waals surface area contributed by atoms with E-state index in [9.17, 15) is 28.0 Å². The van der Waals surface area contributed by atoms with Crippen LogP contribution < -0.4 is 5.32 Å². The van der Waals surface area contributed by atoms with Crippen LogP contribution >= 0.6 is 11.6 Å². The maximum Gasteiger partial charge on any atom is 0.348 e. The van der Waals surface area contributed by atoms with Gasteiger partial charge in [-0.3, -0.25) is 24.5 Å². The van der Waals surface area contributed by atoms with Crippen molar-refractivity contribution >= 4 is 74.6 Å². The summed E-state index contributed by atoms with van der Waals surface area (Å²) in [6, 6.07) is 8.36. The molecule has 2 atom stereocenters. The van der Waals surface area contributed by atoms with Crippen molar-refractivity contribution in [2.45, 2.75) is 35.5 Å². The molecular formula is C22H13B5ClF2N3O4. The first-order chi connectivity index (χ1) is 17.1. The second-order valence-electron chi connectivity index (χ2n) is 8.91. The highest BCUT2D eigenvalue weighted by atomic mass is 35.5. The molecule has 4 amide bonds. The Balaban J connectivity index is 1.59. The van der Waals surface area contributed by atoms with Gasteiger partial charge in [0.05, 0.1) is 21.1 Å². The largest absolute Gasteiger partial charge is 0.393 e. The molecule has 2 unspecified atom stereocenters. The van der Waals surface area contributed by atoms with Gasteiger partial charge in [0.15, 0.2) is 0 Å². The van der Waals surface area contributed by atoms with E-state index in [0.29, 0.717) is 0 Å². The minimum atomic E-state index is -4.01. The lowest BCUT2D eigenvalue weighted by Crippen LogP contribution is -2.70. The number of carbonyl (C=O) groups is 4.